The molecule has 2 rings (SSSR count). The number of nitrogens with two attached hydrogens (primary N) is 1. The number of nitrogens with zero attached hydrogens (tertiary/aromatic N) is 2. The van der Waals surface area contributed by atoms with Crippen LogP contribution in [-0.4, -0.2) is 10.9 Å². The SMILES string of the molecule is Cc1c(C(N)=O)cccc1-c1cc(C#N)ccn1. The quantitative estimate of drug-likeness (QED) is 0.867. The molecule has 0 aliphatic carbocycles. The lowest BCUT2D eigenvalue weighted by atomic mass is 9.98. The Balaban J connectivity index is 2.61. The van der Waals surface area contributed by atoms with Crippen LogP contribution in [0.25, 0.3) is 11.3 Å². The number of amides is 1. The molecule has 0 aliphatic heterocycles. The van der Waals surface area contributed by atoms with E-state index in [4.69, 9.17) is 11.0 Å². The number of carbonyl (C=O) groups is 1. The Morgan fingerprint density at radius 3 is 2.83 bits per heavy atom. The Morgan fingerprint density at radius 1 is 1.39 bits per heavy atom. The molecule has 2 aromatic rings. The second-order valence-electron chi connectivity index (χ2n) is 3.88. The molecule has 1 heterocycles. The van der Waals surface area contributed by atoms with E-state index in [2.05, 4.69) is 11.1 Å². The first kappa shape index (κ1) is 11.8. The zero-order valence-electron chi connectivity index (χ0n) is 9.84. The van der Waals surface area contributed by atoms with E-state index in [9.17, 15) is 4.79 Å². The minimum Gasteiger partial charge on any atom is -0.366 e. The number of aromatic nitrogens is 1. The third-order valence-corrected chi connectivity index (χ3v) is 2.76. The summed E-state index contributed by atoms with van der Waals surface area (Å²) in [6, 6.07) is 10.7. The van der Waals surface area contributed by atoms with Crippen molar-refractivity contribution >= 4 is 5.91 Å². The van der Waals surface area contributed by atoms with Crippen molar-refractivity contribution in [3.8, 4) is 17.3 Å². The first-order valence-corrected chi connectivity index (χ1v) is 5.39. The number of benzene rings is 1. The molecule has 1 amide bonds. The van der Waals surface area contributed by atoms with E-state index in [1.54, 1.807) is 30.5 Å². The van der Waals surface area contributed by atoms with Crippen molar-refractivity contribution in [1.29, 1.82) is 5.26 Å². The maximum absolute atomic E-state index is 11.3. The number of nitriles is 1. The molecule has 0 spiro atoms. The average Bonchev–Trinajstić information content (AvgIpc) is 2.38. The largest absolute Gasteiger partial charge is 0.366 e. The van der Waals surface area contributed by atoms with Gasteiger partial charge in [-0.3, -0.25) is 9.78 Å². The van der Waals surface area contributed by atoms with Crippen molar-refractivity contribution < 1.29 is 4.79 Å². The van der Waals surface area contributed by atoms with E-state index in [1.807, 2.05) is 13.0 Å². The predicted octanol–water partition coefficient (Wildman–Crippen LogP) is 2.03. The van der Waals surface area contributed by atoms with Crippen LogP contribution < -0.4 is 5.73 Å². The smallest absolute Gasteiger partial charge is 0.248 e. The Kier molecular flexibility index (Phi) is 3.07. The number of rotatable bonds is 2. The van der Waals surface area contributed by atoms with Gasteiger partial charge in [-0.25, -0.2) is 0 Å². The summed E-state index contributed by atoms with van der Waals surface area (Å²) in [6.07, 6.45) is 1.57. The Morgan fingerprint density at radius 2 is 2.17 bits per heavy atom. The Hall–Kier alpha value is -2.67. The number of primary amides is 1. The van der Waals surface area contributed by atoms with Gasteiger partial charge >= 0.3 is 0 Å². The van der Waals surface area contributed by atoms with Crippen LogP contribution in [0.5, 0.6) is 0 Å². The van der Waals surface area contributed by atoms with Gasteiger partial charge in [-0.1, -0.05) is 12.1 Å². The van der Waals surface area contributed by atoms with Crippen LogP contribution in [0.3, 0.4) is 0 Å². The summed E-state index contributed by atoms with van der Waals surface area (Å²) < 4.78 is 0. The van der Waals surface area contributed by atoms with Crippen molar-refractivity contribution in [2.24, 2.45) is 5.73 Å². The number of hydrogen-bond acceptors (Lipinski definition) is 3. The lowest BCUT2D eigenvalue weighted by Crippen LogP contribution is -2.13. The van der Waals surface area contributed by atoms with Crippen molar-refractivity contribution in [3.63, 3.8) is 0 Å². The van der Waals surface area contributed by atoms with Gasteiger partial charge in [-0.2, -0.15) is 5.26 Å². The zero-order chi connectivity index (χ0) is 13.1. The molecule has 0 saturated heterocycles. The highest BCUT2D eigenvalue weighted by atomic mass is 16.1. The fourth-order valence-electron chi connectivity index (χ4n) is 1.83. The minimum atomic E-state index is -0.467. The lowest BCUT2D eigenvalue weighted by Gasteiger charge is -2.08. The first-order valence-electron chi connectivity index (χ1n) is 5.39. The molecule has 18 heavy (non-hydrogen) atoms. The molecule has 0 saturated carbocycles. The Bertz CT molecular complexity index is 656. The number of hydrogen-bond donors (Lipinski definition) is 1. The average molecular weight is 237 g/mol. The van der Waals surface area contributed by atoms with E-state index < -0.39 is 5.91 Å². The molecule has 0 bridgehead atoms. The van der Waals surface area contributed by atoms with Gasteiger partial charge < -0.3 is 5.73 Å². The van der Waals surface area contributed by atoms with Crippen LogP contribution in [-0.2, 0) is 0 Å². The van der Waals surface area contributed by atoms with Crippen LogP contribution in [0.2, 0.25) is 0 Å². The van der Waals surface area contributed by atoms with Crippen molar-refractivity contribution in [3.05, 3.63) is 53.2 Å². The highest BCUT2D eigenvalue weighted by Gasteiger charge is 2.10. The molecule has 0 fully saturated rings. The molecule has 1 aromatic heterocycles. The molecule has 0 unspecified atom stereocenters. The summed E-state index contributed by atoms with van der Waals surface area (Å²) in [4.78, 5) is 15.5. The lowest BCUT2D eigenvalue weighted by molar-refractivity contribution is 0.1000. The third-order valence-electron chi connectivity index (χ3n) is 2.76. The standard InChI is InChI=1S/C14H11N3O/c1-9-11(3-2-4-12(9)14(16)18)13-7-10(8-15)5-6-17-13/h2-7H,1H3,(H2,16,18). The fraction of sp³-hybridized carbons (Fsp3) is 0.0714. The predicted molar refractivity (Wildman–Crippen MR) is 67.6 cm³/mol. The summed E-state index contributed by atoms with van der Waals surface area (Å²) in [6.45, 7) is 1.82. The molecule has 1 aromatic carbocycles. The molecule has 0 radical (unpaired) electrons. The van der Waals surface area contributed by atoms with Crippen molar-refractivity contribution in [1.82, 2.24) is 4.98 Å². The van der Waals surface area contributed by atoms with Gasteiger partial charge in [0.15, 0.2) is 0 Å². The van der Waals surface area contributed by atoms with Gasteiger partial charge in [0, 0.05) is 17.3 Å². The van der Waals surface area contributed by atoms with Gasteiger partial charge in [0.1, 0.15) is 0 Å². The highest BCUT2D eigenvalue weighted by molar-refractivity contribution is 5.96. The minimum absolute atomic E-state index is 0.467. The Labute approximate surface area is 105 Å². The molecule has 4 heteroatoms. The van der Waals surface area contributed by atoms with Crippen LogP contribution in [0.4, 0.5) is 0 Å². The summed E-state index contributed by atoms with van der Waals surface area (Å²) in [5.74, 6) is -0.467. The molecule has 88 valence electrons. The van der Waals surface area contributed by atoms with Crippen LogP contribution in [0.1, 0.15) is 21.5 Å². The molecule has 2 N–H and O–H groups in total. The molecule has 4 nitrogen and oxygen atoms in total. The maximum atomic E-state index is 11.3. The molecular weight excluding hydrogens is 226 g/mol. The maximum Gasteiger partial charge on any atom is 0.248 e. The van der Waals surface area contributed by atoms with E-state index in [0.717, 1.165) is 11.1 Å². The van der Waals surface area contributed by atoms with E-state index in [1.165, 1.54) is 0 Å². The fourth-order valence-corrected chi connectivity index (χ4v) is 1.83. The van der Waals surface area contributed by atoms with Crippen LogP contribution in [0, 0.1) is 18.3 Å². The summed E-state index contributed by atoms with van der Waals surface area (Å²) >= 11 is 0. The van der Waals surface area contributed by atoms with Crippen molar-refractivity contribution in [2.45, 2.75) is 6.92 Å². The highest BCUT2D eigenvalue weighted by Crippen LogP contribution is 2.24. The van der Waals surface area contributed by atoms with E-state index in [0.29, 0.717) is 16.8 Å². The third kappa shape index (κ3) is 2.06. The monoisotopic (exact) mass is 237 g/mol. The summed E-state index contributed by atoms with van der Waals surface area (Å²) in [5, 5.41) is 8.87. The molecule has 0 aliphatic rings. The topological polar surface area (TPSA) is 79.8 Å². The summed E-state index contributed by atoms with van der Waals surface area (Å²) in [7, 11) is 0. The van der Waals surface area contributed by atoms with Gasteiger partial charge in [0.25, 0.3) is 0 Å². The van der Waals surface area contributed by atoms with Crippen LogP contribution >= 0.6 is 0 Å². The second kappa shape index (κ2) is 4.68. The second-order valence-corrected chi connectivity index (χ2v) is 3.88. The number of carbonyl (C=O) groups excluding carboxylic acids is 1. The first-order chi connectivity index (χ1) is 8.63. The van der Waals surface area contributed by atoms with Gasteiger partial charge in [-0.15, -0.1) is 0 Å². The van der Waals surface area contributed by atoms with E-state index >= 15 is 0 Å². The molecular formula is C14H11N3O. The molecule has 0 atom stereocenters. The van der Waals surface area contributed by atoms with E-state index in [-0.39, 0.29) is 0 Å². The normalized spacial score (nSPS) is 9.78. The van der Waals surface area contributed by atoms with Crippen molar-refractivity contribution in [2.75, 3.05) is 0 Å². The van der Waals surface area contributed by atoms with Gasteiger partial charge in [-0.05, 0) is 30.7 Å². The summed E-state index contributed by atoms with van der Waals surface area (Å²) in [5.41, 5.74) is 8.55. The zero-order valence-corrected chi connectivity index (χ0v) is 9.84. The van der Waals surface area contributed by atoms with Gasteiger partial charge in [0.2, 0.25) is 5.91 Å². The van der Waals surface area contributed by atoms with Gasteiger partial charge in [0.05, 0.1) is 17.3 Å². The van der Waals surface area contributed by atoms with Crippen LogP contribution in [0.15, 0.2) is 36.5 Å². The number of pyridine rings is 1.